The molecule has 0 saturated carbocycles. The molecular weight excluding hydrogens is 278 g/mol. The third kappa shape index (κ3) is 2.80. The first-order chi connectivity index (χ1) is 8.20. The van der Waals surface area contributed by atoms with E-state index in [1.54, 1.807) is 7.11 Å². The Labute approximate surface area is 110 Å². The maximum Gasteiger partial charge on any atom is 0.119 e. The van der Waals surface area contributed by atoms with Crippen LogP contribution in [0, 0.1) is 0 Å². The summed E-state index contributed by atoms with van der Waals surface area (Å²) in [6, 6.07) is 16.2. The zero-order valence-corrected chi connectivity index (χ0v) is 11.4. The Morgan fingerprint density at radius 2 is 1.35 bits per heavy atom. The third-order valence-electron chi connectivity index (χ3n) is 2.67. The highest BCUT2D eigenvalue weighted by Crippen LogP contribution is 2.26. The molecule has 0 aliphatic carbocycles. The van der Waals surface area contributed by atoms with Crippen LogP contribution in [0.25, 0.3) is 0 Å². The van der Waals surface area contributed by atoms with E-state index in [4.69, 9.17) is 4.74 Å². The van der Waals surface area contributed by atoms with E-state index in [-0.39, 0.29) is 0 Å². The summed E-state index contributed by atoms with van der Waals surface area (Å²) in [6.07, 6.45) is 0. The largest absolute Gasteiger partial charge is 0.497 e. The Kier molecular flexibility index (Phi) is 3.69. The smallest absolute Gasteiger partial charge is 0.119 e. The van der Waals surface area contributed by atoms with Gasteiger partial charge >= 0.3 is 0 Å². The van der Waals surface area contributed by atoms with Crippen molar-refractivity contribution in [3.05, 3.63) is 53.0 Å². The van der Waals surface area contributed by atoms with Crippen molar-refractivity contribution >= 4 is 27.3 Å². The SMILES string of the molecule is COc1ccc(N(C)c2ccc(Br)cc2)cc1. The molecule has 0 N–H and O–H groups in total. The number of hydrogen-bond donors (Lipinski definition) is 0. The first kappa shape index (κ1) is 12.0. The van der Waals surface area contributed by atoms with E-state index in [1.807, 2.05) is 43.4 Å². The minimum absolute atomic E-state index is 0.873. The second-order valence-corrected chi connectivity index (χ2v) is 4.65. The van der Waals surface area contributed by atoms with Crippen LogP contribution in [0.3, 0.4) is 0 Å². The molecule has 17 heavy (non-hydrogen) atoms. The van der Waals surface area contributed by atoms with E-state index < -0.39 is 0 Å². The van der Waals surface area contributed by atoms with Crippen molar-refractivity contribution in [3.8, 4) is 5.75 Å². The van der Waals surface area contributed by atoms with Crippen LogP contribution in [0.15, 0.2) is 53.0 Å². The third-order valence-corrected chi connectivity index (χ3v) is 3.20. The monoisotopic (exact) mass is 291 g/mol. The van der Waals surface area contributed by atoms with E-state index in [0.717, 1.165) is 21.6 Å². The topological polar surface area (TPSA) is 12.5 Å². The van der Waals surface area contributed by atoms with Crippen LogP contribution in [-0.2, 0) is 0 Å². The lowest BCUT2D eigenvalue weighted by Gasteiger charge is -2.19. The van der Waals surface area contributed by atoms with Gasteiger partial charge in [0.2, 0.25) is 0 Å². The average Bonchev–Trinajstić information content (AvgIpc) is 2.39. The summed E-state index contributed by atoms with van der Waals surface area (Å²) in [5.74, 6) is 0.873. The molecule has 0 heterocycles. The molecule has 0 aromatic heterocycles. The van der Waals surface area contributed by atoms with Crippen LogP contribution in [0.5, 0.6) is 5.75 Å². The number of halogens is 1. The normalized spacial score (nSPS) is 10.1. The first-order valence-electron chi connectivity index (χ1n) is 5.34. The lowest BCUT2D eigenvalue weighted by atomic mass is 10.2. The molecule has 2 aromatic rings. The molecule has 0 unspecified atom stereocenters. The van der Waals surface area contributed by atoms with Gasteiger partial charge in [-0.05, 0) is 48.5 Å². The maximum atomic E-state index is 5.15. The maximum absolute atomic E-state index is 5.15. The van der Waals surface area contributed by atoms with Gasteiger partial charge in [-0.3, -0.25) is 0 Å². The van der Waals surface area contributed by atoms with Gasteiger partial charge < -0.3 is 9.64 Å². The van der Waals surface area contributed by atoms with Crippen LogP contribution in [0.2, 0.25) is 0 Å². The van der Waals surface area contributed by atoms with E-state index in [0.29, 0.717) is 0 Å². The van der Waals surface area contributed by atoms with Crippen LogP contribution in [-0.4, -0.2) is 14.2 Å². The zero-order chi connectivity index (χ0) is 12.3. The highest BCUT2D eigenvalue weighted by atomic mass is 79.9. The Bertz CT molecular complexity index is 479. The predicted molar refractivity (Wildman–Crippen MR) is 75.2 cm³/mol. The van der Waals surface area contributed by atoms with Gasteiger partial charge in [-0.15, -0.1) is 0 Å². The molecule has 0 atom stereocenters. The van der Waals surface area contributed by atoms with Crippen molar-refractivity contribution < 1.29 is 4.74 Å². The first-order valence-corrected chi connectivity index (χ1v) is 6.13. The van der Waals surface area contributed by atoms with Crippen molar-refractivity contribution in [3.63, 3.8) is 0 Å². The molecule has 2 aromatic carbocycles. The average molecular weight is 292 g/mol. The molecule has 0 spiro atoms. The van der Waals surface area contributed by atoms with Crippen LogP contribution >= 0.6 is 15.9 Å². The Morgan fingerprint density at radius 3 is 1.82 bits per heavy atom. The summed E-state index contributed by atoms with van der Waals surface area (Å²) in [4.78, 5) is 2.13. The molecule has 0 saturated heterocycles. The number of ether oxygens (including phenoxy) is 1. The molecule has 88 valence electrons. The quantitative estimate of drug-likeness (QED) is 0.839. The molecule has 0 radical (unpaired) electrons. The second-order valence-electron chi connectivity index (χ2n) is 3.73. The summed E-state index contributed by atoms with van der Waals surface area (Å²) in [5.41, 5.74) is 2.28. The van der Waals surface area contributed by atoms with E-state index in [1.165, 1.54) is 0 Å². The van der Waals surface area contributed by atoms with Gasteiger partial charge in [0.25, 0.3) is 0 Å². The number of anilines is 2. The van der Waals surface area contributed by atoms with Gasteiger partial charge in [0, 0.05) is 22.9 Å². The second kappa shape index (κ2) is 5.23. The van der Waals surface area contributed by atoms with Gasteiger partial charge in [-0.1, -0.05) is 15.9 Å². The predicted octanol–water partition coefficient (Wildman–Crippen LogP) is 4.23. The summed E-state index contributed by atoms with van der Waals surface area (Å²) in [5, 5.41) is 0. The fourth-order valence-corrected chi connectivity index (χ4v) is 1.88. The van der Waals surface area contributed by atoms with Gasteiger partial charge in [-0.2, -0.15) is 0 Å². The van der Waals surface area contributed by atoms with Gasteiger partial charge in [-0.25, -0.2) is 0 Å². The van der Waals surface area contributed by atoms with Crippen LogP contribution in [0.4, 0.5) is 11.4 Å². The summed E-state index contributed by atoms with van der Waals surface area (Å²) < 4.78 is 6.23. The number of hydrogen-bond acceptors (Lipinski definition) is 2. The number of benzene rings is 2. The van der Waals surface area contributed by atoms with E-state index in [2.05, 4.69) is 33.0 Å². The lowest BCUT2D eigenvalue weighted by molar-refractivity contribution is 0.415. The van der Waals surface area contributed by atoms with Gasteiger partial charge in [0.05, 0.1) is 7.11 Å². The van der Waals surface area contributed by atoms with E-state index in [9.17, 15) is 0 Å². The Morgan fingerprint density at radius 1 is 0.882 bits per heavy atom. The fourth-order valence-electron chi connectivity index (χ4n) is 1.62. The Balaban J connectivity index is 2.23. The van der Waals surface area contributed by atoms with Crippen molar-refractivity contribution in [2.45, 2.75) is 0 Å². The Hall–Kier alpha value is -1.48. The molecular formula is C14H14BrNO. The molecule has 2 nitrogen and oxygen atoms in total. The fraction of sp³-hybridized carbons (Fsp3) is 0.143. The lowest BCUT2D eigenvalue weighted by Crippen LogP contribution is -2.08. The van der Waals surface area contributed by atoms with Crippen LogP contribution in [0.1, 0.15) is 0 Å². The minimum Gasteiger partial charge on any atom is -0.497 e. The van der Waals surface area contributed by atoms with Crippen molar-refractivity contribution in [2.24, 2.45) is 0 Å². The zero-order valence-electron chi connectivity index (χ0n) is 9.85. The summed E-state index contributed by atoms with van der Waals surface area (Å²) in [6.45, 7) is 0. The standard InChI is InChI=1S/C14H14BrNO/c1-16(12-5-3-11(15)4-6-12)13-7-9-14(17-2)10-8-13/h3-10H,1-2H3. The van der Waals surface area contributed by atoms with Crippen LogP contribution < -0.4 is 9.64 Å². The van der Waals surface area contributed by atoms with Crippen molar-refractivity contribution in [1.29, 1.82) is 0 Å². The van der Waals surface area contributed by atoms with Gasteiger partial charge in [0.1, 0.15) is 5.75 Å². The molecule has 2 rings (SSSR count). The van der Waals surface area contributed by atoms with Crippen molar-refractivity contribution in [1.82, 2.24) is 0 Å². The van der Waals surface area contributed by atoms with E-state index >= 15 is 0 Å². The molecule has 3 heteroatoms. The molecule has 0 aliphatic heterocycles. The van der Waals surface area contributed by atoms with Gasteiger partial charge in [0.15, 0.2) is 0 Å². The van der Waals surface area contributed by atoms with Crippen molar-refractivity contribution in [2.75, 3.05) is 19.1 Å². The molecule has 0 bridgehead atoms. The molecule has 0 aliphatic rings. The highest BCUT2D eigenvalue weighted by molar-refractivity contribution is 9.10. The summed E-state index contributed by atoms with van der Waals surface area (Å²) >= 11 is 3.43. The minimum atomic E-state index is 0.873. The number of nitrogens with zero attached hydrogens (tertiary/aromatic N) is 1. The summed E-state index contributed by atoms with van der Waals surface area (Å²) in [7, 11) is 3.72. The highest BCUT2D eigenvalue weighted by Gasteiger charge is 2.03. The molecule has 0 amide bonds. The molecule has 0 fully saturated rings. The number of rotatable bonds is 3. The number of methoxy groups -OCH3 is 1.